The summed E-state index contributed by atoms with van der Waals surface area (Å²) in [6.07, 6.45) is 7.57. The number of rotatable bonds is 6. The van der Waals surface area contributed by atoms with Crippen LogP contribution in [0, 0.1) is 0 Å². The molecular weight excluding hydrogens is 805 g/mol. The van der Waals surface area contributed by atoms with Crippen molar-refractivity contribution in [3.63, 3.8) is 0 Å². The van der Waals surface area contributed by atoms with Gasteiger partial charge < -0.3 is 0 Å². The molecule has 0 radical (unpaired) electrons. The molecule has 0 unspecified atom stereocenters. The summed E-state index contributed by atoms with van der Waals surface area (Å²) < 4.78 is 2.58. The minimum absolute atomic E-state index is 1.08. The SMILES string of the molecule is c1ccc(-c2c3ccccc3c(-c3cccc4sc5c(-c6c7ccccc7c(-c7cc(-c8cccnc8)cc(-c8cccnc8)c7)c7ccccc67)cccc5c34)c3ccccc23)cc1. The van der Waals surface area contributed by atoms with Gasteiger partial charge in [-0.1, -0.05) is 170 Å². The fourth-order valence-electron chi connectivity index (χ4n) is 10.5. The lowest BCUT2D eigenvalue weighted by Crippen LogP contribution is -1.92. The van der Waals surface area contributed by atoms with Crippen LogP contribution in [0.4, 0.5) is 0 Å². The summed E-state index contributed by atoms with van der Waals surface area (Å²) in [4.78, 5) is 9.01. The minimum Gasteiger partial charge on any atom is -0.264 e. The Morgan fingerprint density at radius 2 is 0.677 bits per heavy atom. The zero-order chi connectivity index (χ0) is 42.8. The van der Waals surface area contributed by atoms with Crippen molar-refractivity contribution >= 4 is 74.6 Å². The number of fused-ring (bicyclic) bond motifs is 7. The van der Waals surface area contributed by atoms with Crippen molar-refractivity contribution in [3.8, 4) is 66.8 Å². The Bertz CT molecular complexity index is 3810. The number of benzene rings is 10. The molecule has 0 aliphatic heterocycles. The van der Waals surface area contributed by atoms with E-state index in [2.05, 4.69) is 204 Å². The molecule has 0 aliphatic carbocycles. The Morgan fingerprint density at radius 3 is 1.18 bits per heavy atom. The highest BCUT2D eigenvalue weighted by Gasteiger charge is 2.23. The first-order valence-corrected chi connectivity index (χ1v) is 22.9. The van der Waals surface area contributed by atoms with Crippen molar-refractivity contribution in [2.24, 2.45) is 0 Å². The summed E-state index contributed by atoms with van der Waals surface area (Å²) in [5, 5.41) is 12.5. The van der Waals surface area contributed by atoms with Gasteiger partial charge in [0.25, 0.3) is 0 Å². The van der Waals surface area contributed by atoms with Gasteiger partial charge in [0, 0.05) is 61.7 Å². The molecule has 0 spiro atoms. The zero-order valence-electron chi connectivity index (χ0n) is 35.2. The lowest BCUT2D eigenvalue weighted by molar-refractivity contribution is 1.32. The van der Waals surface area contributed by atoms with Crippen molar-refractivity contribution in [3.05, 3.63) is 231 Å². The molecule has 3 heteroatoms. The highest BCUT2D eigenvalue weighted by molar-refractivity contribution is 7.26. The van der Waals surface area contributed by atoms with Gasteiger partial charge in [0.1, 0.15) is 0 Å². The van der Waals surface area contributed by atoms with E-state index in [1.54, 1.807) is 0 Å². The van der Waals surface area contributed by atoms with Crippen LogP contribution in [0.25, 0.3) is 130 Å². The van der Waals surface area contributed by atoms with Crippen molar-refractivity contribution < 1.29 is 0 Å². The topological polar surface area (TPSA) is 25.8 Å². The van der Waals surface area contributed by atoms with E-state index in [1.165, 1.54) is 102 Å². The van der Waals surface area contributed by atoms with E-state index in [0.29, 0.717) is 0 Å². The quantitative estimate of drug-likeness (QED) is 0.156. The number of nitrogens with zero attached hydrogens (tertiary/aromatic N) is 2. The van der Waals surface area contributed by atoms with Crippen LogP contribution in [0.2, 0.25) is 0 Å². The number of thiophene rings is 1. The second-order valence-electron chi connectivity index (χ2n) is 16.8. The van der Waals surface area contributed by atoms with E-state index in [1.807, 2.05) is 48.3 Å². The van der Waals surface area contributed by atoms with Gasteiger partial charge >= 0.3 is 0 Å². The molecule has 0 aliphatic rings. The molecule has 65 heavy (non-hydrogen) atoms. The third-order valence-electron chi connectivity index (χ3n) is 13.2. The maximum atomic E-state index is 4.50. The fourth-order valence-corrected chi connectivity index (χ4v) is 11.7. The summed E-state index contributed by atoms with van der Waals surface area (Å²) in [5.41, 5.74) is 14.3. The van der Waals surface area contributed by atoms with Gasteiger partial charge in [0.2, 0.25) is 0 Å². The Labute approximate surface area is 380 Å². The van der Waals surface area contributed by atoms with Crippen LogP contribution in [0.3, 0.4) is 0 Å². The van der Waals surface area contributed by atoms with Gasteiger partial charge in [-0.25, -0.2) is 0 Å². The second-order valence-corrected chi connectivity index (χ2v) is 17.8. The Balaban J connectivity index is 1.08. The third kappa shape index (κ3) is 6.01. The fraction of sp³-hybridized carbons (Fsp3) is 0. The molecule has 0 bridgehead atoms. The van der Waals surface area contributed by atoms with Crippen molar-refractivity contribution in [1.29, 1.82) is 0 Å². The van der Waals surface area contributed by atoms with Crippen LogP contribution < -0.4 is 0 Å². The van der Waals surface area contributed by atoms with Crippen LogP contribution in [0.1, 0.15) is 0 Å². The lowest BCUT2D eigenvalue weighted by Gasteiger charge is -2.19. The first kappa shape index (κ1) is 37.3. The monoisotopic (exact) mass is 842 g/mol. The molecule has 13 rings (SSSR count). The number of hydrogen-bond donors (Lipinski definition) is 0. The van der Waals surface area contributed by atoms with E-state index in [4.69, 9.17) is 0 Å². The molecule has 0 atom stereocenters. The van der Waals surface area contributed by atoms with Crippen LogP contribution in [0.5, 0.6) is 0 Å². The lowest BCUT2D eigenvalue weighted by atomic mass is 9.84. The molecule has 3 heterocycles. The average Bonchev–Trinajstić information content (AvgIpc) is 3.77. The average molecular weight is 843 g/mol. The standard InChI is InChI=1S/C62H38N2S/c1-2-16-39(17-3-1)57-45-20-4-8-24-49(45)59(50-25-9-5-21-46(50)57)53-28-13-31-56-61(53)55-30-12-29-54(62(55)65-56)60-51-26-10-6-22-47(51)58(48-23-7-11-27-52(48)60)44-35-42(40-18-14-32-63-37-40)34-43(36-44)41-19-15-33-64-38-41/h1-38H. The maximum Gasteiger partial charge on any atom is 0.0434 e. The highest BCUT2D eigenvalue weighted by atomic mass is 32.1. The number of pyridine rings is 2. The Morgan fingerprint density at radius 1 is 0.277 bits per heavy atom. The van der Waals surface area contributed by atoms with E-state index in [-0.39, 0.29) is 0 Å². The number of hydrogen-bond acceptors (Lipinski definition) is 3. The second kappa shape index (κ2) is 15.2. The Hall–Kier alpha value is -8.24. The summed E-state index contributed by atoms with van der Waals surface area (Å²) in [6, 6.07) is 75.9. The van der Waals surface area contributed by atoms with Crippen LogP contribution >= 0.6 is 11.3 Å². The molecule has 302 valence electrons. The van der Waals surface area contributed by atoms with Gasteiger partial charge in [-0.2, -0.15) is 0 Å². The van der Waals surface area contributed by atoms with E-state index in [0.717, 1.165) is 27.8 Å². The normalized spacial score (nSPS) is 11.7. The smallest absolute Gasteiger partial charge is 0.0434 e. The summed E-state index contributed by atoms with van der Waals surface area (Å²) in [6.45, 7) is 0. The van der Waals surface area contributed by atoms with Crippen molar-refractivity contribution in [1.82, 2.24) is 9.97 Å². The zero-order valence-corrected chi connectivity index (χ0v) is 36.1. The highest BCUT2D eigenvalue weighted by Crippen LogP contribution is 2.52. The predicted octanol–water partition coefficient (Wildman–Crippen LogP) is 17.5. The largest absolute Gasteiger partial charge is 0.264 e. The molecule has 10 aromatic carbocycles. The number of aromatic nitrogens is 2. The molecule has 0 amide bonds. The van der Waals surface area contributed by atoms with Crippen molar-refractivity contribution in [2.45, 2.75) is 0 Å². The molecule has 0 N–H and O–H groups in total. The molecule has 13 aromatic rings. The van der Waals surface area contributed by atoms with Gasteiger partial charge in [-0.15, -0.1) is 11.3 Å². The summed E-state index contributed by atoms with van der Waals surface area (Å²) >= 11 is 1.91. The van der Waals surface area contributed by atoms with Crippen LogP contribution in [0.15, 0.2) is 231 Å². The molecular formula is C62H38N2S. The van der Waals surface area contributed by atoms with Gasteiger partial charge in [-0.3, -0.25) is 9.97 Å². The first-order chi connectivity index (χ1) is 32.3. The van der Waals surface area contributed by atoms with Crippen LogP contribution in [-0.4, -0.2) is 9.97 Å². The predicted molar refractivity (Wildman–Crippen MR) is 278 cm³/mol. The molecule has 0 saturated heterocycles. The van der Waals surface area contributed by atoms with Crippen molar-refractivity contribution in [2.75, 3.05) is 0 Å². The molecule has 0 fully saturated rings. The van der Waals surface area contributed by atoms with Gasteiger partial charge in [0.05, 0.1) is 0 Å². The Kier molecular flexibility index (Phi) is 8.75. The van der Waals surface area contributed by atoms with Crippen LogP contribution in [-0.2, 0) is 0 Å². The summed E-state index contributed by atoms with van der Waals surface area (Å²) in [7, 11) is 0. The van der Waals surface area contributed by atoms with E-state index in [9.17, 15) is 0 Å². The maximum absolute atomic E-state index is 4.50. The molecule has 2 nitrogen and oxygen atoms in total. The summed E-state index contributed by atoms with van der Waals surface area (Å²) in [5.74, 6) is 0. The molecule has 3 aromatic heterocycles. The molecule has 0 saturated carbocycles. The third-order valence-corrected chi connectivity index (χ3v) is 14.4. The van der Waals surface area contributed by atoms with Gasteiger partial charge in [-0.05, 0) is 130 Å². The van der Waals surface area contributed by atoms with E-state index >= 15 is 0 Å². The first-order valence-electron chi connectivity index (χ1n) is 22.1. The van der Waals surface area contributed by atoms with Gasteiger partial charge in [0.15, 0.2) is 0 Å². The minimum atomic E-state index is 1.08. The van der Waals surface area contributed by atoms with E-state index < -0.39 is 0 Å².